The van der Waals surface area contributed by atoms with Gasteiger partial charge >= 0.3 is 0 Å². The van der Waals surface area contributed by atoms with Gasteiger partial charge in [0.15, 0.2) is 0 Å². The third-order valence-electron chi connectivity index (χ3n) is 5.72. The highest BCUT2D eigenvalue weighted by molar-refractivity contribution is 7.89. The Morgan fingerprint density at radius 3 is 2.61 bits per heavy atom. The molecule has 0 radical (unpaired) electrons. The third-order valence-corrected chi connectivity index (χ3v) is 8.10. The minimum atomic E-state index is -3.66. The van der Waals surface area contributed by atoms with Crippen LogP contribution in [-0.2, 0) is 10.0 Å². The minimum Gasteiger partial charge on any atom is -0.352 e. The van der Waals surface area contributed by atoms with Gasteiger partial charge < -0.3 is 10.2 Å². The lowest BCUT2D eigenvalue weighted by Gasteiger charge is -2.33. The number of amides is 1. The maximum Gasteiger partial charge on any atom is 0.251 e. The lowest BCUT2D eigenvalue weighted by molar-refractivity contribution is 0.0948. The predicted octanol–water partition coefficient (Wildman–Crippen LogP) is 3.12. The topological polar surface area (TPSA) is 69.7 Å². The van der Waals surface area contributed by atoms with Crippen molar-refractivity contribution in [1.29, 1.82) is 0 Å². The van der Waals surface area contributed by atoms with Crippen LogP contribution < -0.4 is 5.32 Å². The minimum absolute atomic E-state index is 0.0193. The number of rotatable bonds is 7. The summed E-state index contributed by atoms with van der Waals surface area (Å²) in [6, 6.07) is 5.08. The molecule has 2 heterocycles. The fourth-order valence-electron chi connectivity index (χ4n) is 3.99. The first-order valence-corrected chi connectivity index (χ1v) is 12.0. The van der Waals surface area contributed by atoms with E-state index in [2.05, 4.69) is 17.1 Å². The summed E-state index contributed by atoms with van der Waals surface area (Å²) >= 11 is 6.15. The second kappa shape index (κ2) is 9.57. The summed E-state index contributed by atoms with van der Waals surface area (Å²) in [4.78, 5) is 15.0. The van der Waals surface area contributed by atoms with Gasteiger partial charge in [-0.15, -0.1) is 0 Å². The van der Waals surface area contributed by atoms with Crippen molar-refractivity contribution in [2.75, 3.05) is 32.7 Å². The molecule has 0 saturated carbocycles. The highest BCUT2D eigenvalue weighted by Gasteiger charge is 2.29. The average Bonchev–Trinajstić information content (AvgIpc) is 3.22. The number of benzene rings is 1. The van der Waals surface area contributed by atoms with Crippen molar-refractivity contribution in [2.24, 2.45) is 0 Å². The normalized spacial score (nSPS) is 21.7. The molecule has 2 fully saturated rings. The monoisotopic (exact) mass is 427 g/mol. The summed E-state index contributed by atoms with van der Waals surface area (Å²) < 4.78 is 27.0. The number of hydrogen-bond donors (Lipinski definition) is 1. The molecule has 0 aliphatic carbocycles. The summed E-state index contributed by atoms with van der Waals surface area (Å²) in [5, 5.41) is 3.06. The number of carbonyl (C=O) groups is 1. The zero-order valence-corrected chi connectivity index (χ0v) is 18.1. The van der Waals surface area contributed by atoms with Crippen LogP contribution in [0.15, 0.2) is 23.1 Å². The lowest BCUT2D eigenvalue weighted by Crippen LogP contribution is -2.39. The quantitative estimate of drug-likeness (QED) is 0.679. The van der Waals surface area contributed by atoms with Crippen molar-refractivity contribution in [1.82, 2.24) is 14.5 Å². The fraction of sp³-hybridized carbons (Fsp3) is 0.650. The fourth-order valence-corrected chi connectivity index (χ4v) is 6.00. The number of sulfonamides is 1. The van der Waals surface area contributed by atoms with Gasteiger partial charge in [0.1, 0.15) is 4.90 Å². The van der Waals surface area contributed by atoms with E-state index < -0.39 is 10.0 Å². The van der Waals surface area contributed by atoms with Crippen LogP contribution in [0.2, 0.25) is 5.02 Å². The SMILES string of the molecule is CC1CCCCN1CCCNC(=O)c1ccc(Cl)c(S(=O)(=O)N2CCCC2)c1. The molecule has 156 valence electrons. The number of piperidine rings is 1. The molecule has 8 heteroatoms. The molecule has 1 amide bonds. The van der Waals surface area contributed by atoms with E-state index in [0.29, 0.717) is 31.2 Å². The van der Waals surface area contributed by atoms with E-state index >= 15 is 0 Å². The molecule has 3 rings (SSSR count). The van der Waals surface area contributed by atoms with E-state index in [1.165, 1.54) is 35.7 Å². The Morgan fingerprint density at radius 1 is 1.18 bits per heavy atom. The molecule has 0 bridgehead atoms. The maximum absolute atomic E-state index is 12.8. The molecule has 0 aromatic heterocycles. The summed E-state index contributed by atoms with van der Waals surface area (Å²) in [5.41, 5.74) is 0.327. The molecule has 1 atom stereocenters. The van der Waals surface area contributed by atoms with Crippen molar-refractivity contribution in [3.05, 3.63) is 28.8 Å². The summed E-state index contributed by atoms with van der Waals surface area (Å²) in [6.45, 7) is 5.93. The van der Waals surface area contributed by atoms with Crippen LogP contribution in [0.4, 0.5) is 0 Å². The predicted molar refractivity (Wildman–Crippen MR) is 111 cm³/mol. The summed E-state index contributed by atoms with van der Waals surface area (Å²) in [7, 11) is -3.66. The number of nitrogens with one attached hydrogen (secondary N) is 1. The first-order valence-electron chi connectivity index (χ1n) is 10.2. The molecule has 1 unspecified atom stereocenters. The summed E-state index contributed by atoms with van der Waals surface area (Å²) in [6.07, 6.45) is 6.37. The summed E-state index contributed by atoms with van der Waals surface area (Å²) in [5.74, 6) is -0.263. The van der Waals surface area contributed by atoms with Gasteiger partial charge in [-0.1, -0.05) is 18.0 Å². The van der Waals surface area contributed by atoms with Gasteiger partial charge in [-0.25, -0.2) is 8.42 Å². The van der Waals surface area contributed by atoms with Crippen molar-refractivity contribution < 1.29 is 13.2 Å². The Hall–Kier alpha value is -1.15. The van der Waals surface area contributed by atoms with E-state index in [1.807, 2.05) is 0 Å². The van der Waals surface area contributed by atoms with Crippen molar-refractivity contribution in [3.8, 4) is 0 Å². The van der Waals surface area contributed by atoms with E-state index in [1.54, 1.807) is 6.07 Å². The molecular formula is C20H30ClN3O3S. The second-order valence-corrected chi connectivity index (χ2v) is 10.1. The van der Waals surface area contributed by atoms with Crippen molar-refractivity contribution in [2.45, 2.75) is 56.4 Å². The molecule has 28 heavy (non-hydrogen) atoms. The zero-order chi connectivity index (χ0) is 20.1. The molecule has 6 nitrogen and oxygen atoms in total. The van der Waals surface area contributed by atoms with Crippen LogP contribution >= 0.6 is 11.6 Å². The Balaban J connectivity index is 1.58. The van der Waals surface area contributed by atoms with E-state index in [4.69, 9.17) is 11.6 Å². The largest absolute Gasteiger partial charge is 0.352 e. The third kappa shape index (κ3) is 5.06. The maximum atomic E-state index is 12.8. The number of nitrogens with zero attached hydrogens (tertiary/aromatic N) is 2. The number of likely N-dealkylation sites (tertiary alicyclic amines) is 1. The van der Waals surface area contributed by atoms with Gasteiger partial charge in [-0.3, -0.25) is 4.79 Å². The van der Waals surface area contributed by atoms with Crippen LogP contribution in [0, 0.1) is 0 Å². The van der Waals surface area contributed by atoms with Gasteiger partial charge in [-0.2, -0.15) is 4.31 Å². The Labute approximate surface area is 173 Å². The van der Waals surface area contributed by atoms with E-state index in [0.717, 1.165) is 32.4 Å². The van der Waals surface area contributed by atoms with Crippen LogP contribution in [0.5, 0.6) is 0 Å². The molecule has 0 spiro atoms. The zero-order valence-electron chi connectivity index (χ0n) is 16.5. The standard InChI is InChI=1S/C20H30ClN3O3S/c1-16-7-2-3-11-23(16)12-6-10-22-20(25)17-8-9-18(21)19(15-17)28(26,27)24-13-4-5-14-24/h8-9,15-16H,2-7,10-14H2,1H3,(H,22,25). The van der Waals surface area contributed by atoms with E-state index in [-0.39, 0.29) is 15.8 Å². The Morgan fingerprint density at radius 2 is 1.89 bits per heavy atom. The van der Waals surface area contributed by atoms with Crippen molar-refractivity contribution >= 4 is 27.5 Å². The van der Waals surface area contributed by atoms with Gasteiger partial charge in [0, 0.05) is 37.8 Å². The Bertz CT molecular complexity index is 794. The van der Waals surface area contributed by atoms with Crippen LogP contribution in [0.3, 0.4) is 0 Å². The molecule has 2 saturated heterocycles. The van der Waals surface area contributed by atoms with Gasteiger partial charge in [0.2, 0.25) is 10.0 Å². The second-order valence-electron chi connectivity index (χ2n) is 7.75. The first-order chi connectivity index (χ1) is 13.4. The van der Waals surface area contributed by atoms with E-state index in [9.17, 15) is 13.2 Å². The average molecular weight is 428 g/mol. The smallest absolute Gasteiger partial charge is 0.251 e. The molecule has 2 aliphatic rings. The Kier molecular flexibility index (Phi) is 7.36. The van der Waals surface area contributed by atoms with Gasteiger partial charge in [0.05, 0.1) is 5.02 Å². The molecular weight excluding hydrogens is 398 g/mol. The van der Waals surface area contributed by atoms with Crippen LogP contribution in [-0.4, -0.2) is 62.3 Å². The van der Waals surface area contributed by atoms with Gasteiger partial charge in [0.25, 0.3) is 5.91 Å². The van der Waals surface area contributed by atoms with Gasteiger partial charge in [-0.05, 0) is 63.8 Å². The highest BCUT2D eigenvalue weighted by Crippen LogP contribution is 2.28. The lowest BCUT2D eigenvalue weighted by atomic mass is 10.0. The molecule has 1 aromatic rings. The van der Waals surface area contributed by atoms with Crippen molar-refractivity contribution in [3.63, 3.8) is 0 Å². The highest BCUT2D eigenvalue weighted by atomic mass is 35.5. The molecule has 1 N–H and O–H groups in total. The van der Waals surface area contributed by atoms with Crippen LogP contribution in [0.25, 0.3) is 0 Å². The first kappa shape index (κ1) is 21.6. The molecule has 1 aromatic carbocycles. The van der Waals surface area contributed by atoms with Crippen LogP contribution in [0.1, 0.15) is 55.8 Å². The number of hydrogen-bond acceptors (Lipinski definition) is 4. The number of halogens is 1. The molecule has 2 aliphatic heterocycles. The number of carbonyl (C=O) groups excluding carboxylic acids is 1.